The Balaban J connectivity index is 1.84. The molecule has 1 aliphatic heterocycles. The Bertz CT molecular complexity index is 311. The molecule has 2 aliphatic rings. The molecule has 4 heteroatoms. The van der Waals surface area contributed by atoms with Crippen molar-refractivity contribution >= 4 is 5.97 Å². The van der Waals surface area contributed by atoms with Crippen molar-refractivity contribution in [2.24, 2.45) is 5.41 Å². The van der Waals surface area contributed by atoms with Crippen LogP contribution in [0.15, 0.2) is 0 Å². The van der Waals surface area contributed by atoms with E-state index in [0.717, 1.165) is 13.1 Å². The monoisotopic (exact) mass is 269 g/mol. The highest BCUT2D eigenvalue weighted by molar-refractivity contribution is 5.78. The molecule has 1 saturated heterocycles. The second kappa shape index (κ2) is 5.80. The van der Waals surface area contributed by atoms with Gasteiger partial charge in [0, 0.05) is 6.54 Å². The van der Waals surface area contributed by atoms with Gasteiger partial charge >= 0.3 is 5.97 Å². The highest BCUT2D eigenvalue weighted by Crippen LogP contribution is 2.44. The van der Waals surface area contributed by atoms with Gasteiger partial charge in [0.25, 0.3) is 0 Å². The third-order valence-electron chi connectivity index (χ3n) is 4.99. The Kier molecular flexibility index (Phi) is 4.51. The highest BCUT2D eigenvalue weighted by Gasteiger charge is 2.39. The number of aliphatic hydroxyl groups is 1. The standard InChI is InChI=1S/C15H27NO3/c1-14(18,13(17)19-2)12-16-10-8-15(9-11-16)6-4-3-5-7-15/h18H,3-12H2,1-2H3. The topological polar surface area (TPSA) is 49.8 Å². The molecule has 1 heterocycles. The number of β-amino-alcohol motifs (C(OH)–C–C–N with tert-alkyl or cyclic N) is 1. The van der Waals surface area contributed by atoms with Crippen LogP contribution in [0.4, 0.5) is 0 Å². The zero-order chi connectivity index (χ0) is 13.9. The van der Waals surface area contributed by atoms with Crippen LogP contribution in [0, 0.1) is 5.41 Å². The molecule has 1 N–H and O–H groups in total. The van der Waals surface area contributed by atoms with Crippen molar-refractivity contribution < 1.29 is 14.6 Å². The lowest BCUT2D eigenvalue weighted by Crippen LogP contribution is -2.51. The maximum Gasteiger partial charge on any atom is 0.338 e. The normalized spacial score (nSPS) is 26.9. The van der Waals surface area contributed by atoms with Gasteiger partial charge < -0.3 is 9.84 Å². The molecule has 0 amide bonds. The first-order valence-electron chi connectivity index (χ1n) is 7.51. The fourth-order valence-corrected chi connectivity index (χ4v) is 3.71. The summed E-state index contributed by atoms with van der Waals surface area (Å²) in [5, 5.41) is 10.1. The molecule has 0 radical (unpaired) electrons. The number of ether oxygens (including phenoxy) is 1. The van der Waals surface area contributed by atoms with Gasteiger partial charge in [-0.05, 0) is 51.1 Å². The summed E-state index contributed by atoms with van der Waals surface area (Å²) in [5.74, 6) is -0.537. The molecule has 4 nitrogen and oxygen atoms in total. The van der Waals surface area contributed by atoms with Crippen LogP contribution in [0.2, 0.25) is 0 Å². The second-order valence-corrected chi connectivity index (χ2v) is 6.60. The Labute approximate surface area is 116 Å². The molecule has 1 atom stereocenters. The Hall–Kier alpha value is -0.610. The van der Waals surface area contributed by atoms with E-state index in [9.17, 15) is 9.90 Å². The summed E-state index contributed by atoms with van der Waals surface area (Å²) in [6.07, 6.45) is 9.30. The number of nitrogens with zero attached hydrogens (tertiary/aromatic N) is 1. The van der Waals surface area contributed by atoms with Gasteiger partial charge in [-0.2, -0.15) is 0 Å². The van der Waals surface area contributed by atoms with Crippen LogP contribution < -0.4 is 0 Å². The molecule has 2 fully saturated rings. The number of likely N-dealkylation sites (tertiary alicyclic amines) is 1. The number of piperidine rings is 1. The lowest BCUT2D eigenvalue weighted by molar-refractivity contribution is -0.162. The molecular weight excluding hydrogens is 242 g/mol. The van der Waals surface area contributed by atoms with E-state index >= 15 is 0 Å². The lowest BCUT2D eigenvalue weighted by atomic mass is 9.68. The number of methoxy groups -OCH3 is 1. The lowest BCUT2D eigenvalue weighted by Gasteiger charge is -2.45. The van der Waals surface area contributed by atoms with Crippen molar-refractivity contribution in [3.63, 3.8) is 0 Å². The molecule has 1 saturated carbocycles. The first-order valence-corrected chi connectivity index (χ1v) is 7.51. The first kappa shape index (κ1) is 14.8. The first-order chi connectivity index (χ1) is 8.97. The van der Waals surface area contributed by atoms with Crippen molar-refractivity contribution in [3.8, 4) is 0 Å². The number of carbonyl (C=O) groups is 1. The van der Waals surface area contributed by atoms with E-state index < -0.39 is 11.6 Å². The highest BCUT2D eigenvalue weighted by atomic mass is 16.5. The molecule has 0 bridgehead atoms. The summed E-state index contributed by atoms with van der Waals surface area (Å²) in [6, 6.07) is 0. The summed E-state index contributed by atoms with van der Waals surface area (Å²) in [6.45, 7) is 3.92. The number of hydrogen-bond donors (Lipinski definition) is 1. The van der Waals surface area contributed by atoms with Crippen molar-refractivity contribution in [1.29, 1.82) is 0 Å². The van der Waals surface area contributed by atoms with E-state index in [1.807, 2.05) is 0 Å². The van der Waals surface area contributed by atoms with Gasteiger partial charge in [-0.15, -0.1) is 0 Å². The Morgan fingerprint density at radius 1 is 1.21 bits per heavy atom. The van der Waals surface area contributed by atoms with Crippen LogP contribution in [0.1, 0.15) is 51.9 Å². The minimum Gasteiger partial charge on any atom is -0.467 e. The summed E-state index contributed by atoms with van der Waals surface area (Å²) in [7, 11) is 1.32. The van der Waals surface area contributed by atoms with E-state index in [0.29, 0.717) is 12.0 Å². The maximum atomic E-state index is 11.5. The molecule has 1 unspecified atom stereocenters. The van der Waals surface area contributed by atoms with Gasteiger partial charge in [-0.25, -0.2) is 4.79 Å². The number of esters is 1. The molecule has 19 heavy (non-hydrogen) atoms. The summed E-state index contributed by atoms with van der Waals surface area (Å²) in [5.41, 5.74) is -0.822. The van der Waals surface area contributed by atoms with Gasteiger partial charge in [0.2, 0.25) is 0 Å². The van der Waals surface area contributed by atoms with Crippen LogP contribution >= 0.6 is 0 Å². The third-order valence-corrected chi connectivity index (χ3v) is 4.99. The molecule has 1 spiro atoms. The number of rotatable bonds is 3. The molecule has 2 rings (SSSR count). The van der Waals surface area contributed by atoms with E-state index in [1.54, 1.807) is 6.92 Å². The molecule has 0 aromatic carbocycles. The fraction of sp³-hybridized carbons (Fsp3) is 0.933. The Morgan fingerprint density at radius 2 is 1.79 bits per heavy atom. The number of carbonyl (C=O) groups excluding carboxylic acids is 1. The summed E-state index contributed by atoms with van der Waals surface area (Å²) < 4.78 is 4.65. The molecule has 1 aliphatic carbocycles. The predicted octanol–water partition coefficient (Wildman–Crippen LogP) is 1.96. The third kappa shape index (κ3) is 3.48. The van der Waals surface area contributed by atoms with Crippen molar-refractivity contribution in [3.05, 3.63) is 0 Å². The summed E-state index contributed by atoms with van der Waals surface area (Å²) >= 11 is 0. The number of hydrogen-bond acceptors (Lipinski definition) is 4. The largest absolute Gasteiger partial charge is 0.467 e. The fourth-order valence-electron chi connectivity index (χ4n) is 3.71. The second-order valence-electron chi connectivity index (χ2n) is 6.60. The van der Waals surface area contributed by atoms with Crippen LogP contribution in [-0.4, -0.2) is 48.3 Å². The maximum absolute atomic E-state index is 11.5. The Morgan fingerprint density at radius 3 is 2.32 bits per heavy atom. The molecule has 0 aromatic rings. The van der Waals surface area contributed by atoms with Crippen molar-refractivity contribution in [2.75, 3.05) is 26.7 Å². The molecule has 0 aromatic heterocycles. The van der Waals surface area contributed by atoms with Crippen LogP contribution in [0.25, 0.3) is 0 Å². The SMILES string of the molecule is COC(=O)C(C)(O)CN1CCC2(CCCCC2)CC1. The van der Waals surface area contributed by atoms with Gasteiger partial charge in [-0.1, -0.05) is 19.3 Å². The van der Waals surface area contributed by atoms with Crippen LogP contribution in [-0.2, 0) is 9.53 Å². The van der Waals surface area contributed by atoms with Gasteiger partial charge in [0.05, 0.1) is 7.11 Å². The van der Waals surface area contributed by atoms with Crippen molar-refractivity contribution in [1.82, 2.24) is 4.90 Å². The van der Waals surface area contributed by atoms with Gasteiger partial charge in [0.1, 0.15) is 0 Å². The van der Waals surface area contributed by atoms with E-state index in [1.165, 1.54) is 52.1 Å². The van der Waals surface area contributed by atoms with E-state index in [2.05, 4.69) is 9.64 Å². The average Bonchev–Trinajstić information content (AvgIpc) is 2.41. The zero-order valence-electron chi connectivity index (χ0n) is 12.3. The summed E-state index contributed by atoms with van der Waals surface area (Å²) in [4.78, 5) is 13.7. The van der Waals surface area contributed by atoms with E-state index in [-0.39, 0.29) is 0 Å². The predicted molar refractivity (Wildman–Crippen MR) is 73.8 cm³/mol. The average molecular weight is 269 g/mol. The zero-order valence-corrected chi connectivity index (χ0v) is 12.3. The van der Waals surface area contributed by atoms with Gasteiger partial charge in [-0.3, -0.25) is 4.90 Å². The van der Waals surface area contributed by atoms with E-state index in [4.69, 9.17) is 0 Å². The molecular formula is C15H27NO3. The van der Waals surface area contributed by atoms with Gasteiger partial charge in [0.15, 0.2) is 5.60 Å². The van der Waals surface area contributed by atoms with Crippen LogP contribution in [0.3, 0.4) is 0 Å². The minimum atomic E-state index is -1.38. The van der Waals surface area contributed by atoms with Crippen molar-refractivity contribution in [2.45, 2.75) is 57.5 Å². The van der Waals surface area contributed by atoms with Crippen LogP contribution in [0.5, 0.6) is 0 Å². The quantitative estimate of drug-likeness (QED) is 0.796. The smallest absolute Gasteiger partial charge is 0.338 e. The minimum absolute atomic E-state index is 0.385. The molecule has 110 valence electrons.